The van der Waals surface area contributed by atoms with E-state index in [-0.39, 0.29) is 6.03 Å². The number of rotatable bonds is 4. The Kier molecular flexibility index (Phi) is 3.29. The monoisotopic (exact) mass is 261 g/mol. The first-order valence-corrected chi connectivity index (χ1v) is 6.71. The van der Waals surface area contributed by atoms with E-state index in [0.717, 1.165) is 30.8 Å². The highest BCUT2D eigenvalue weighted by molar-refractivity contribution is 5.94. The first-order chi connectivity index (χ1) is 9.26. The maximum atomic E-state index is 11.6. The van der Waals surface area contributed by atoms with Crippen LogP contribution < -0.4 is 15.5 Å². The Bertz CT molecular complexity index is 472. The summed E-state index contributed by atoms with van der Waals surface area (Å²) < 4.78 is 5.27. The Balaban J connectivity index is 1.65. The van der Waals surface area contributed by atoms with E-state index >= 15 is 0 Å². The molecular formula is C14H19N3O2. The lowest BCUT2D eigenvalue weighted by molar-refractivity contribution is 0.0329. The average Bonchev–Trinajstić information content (AvgIpc) is 2.80. The number of urea groups is 1. The lowest BCUT2D eigenvalue weighted by Gasteiger charge is -2.35. The molecule has 102 valence electrons. The van der Waals surface area contributed by atoms with Gasteiger partial charge in [-0.1, -0.05) is 6.07 Å². The highest BCUT2D eigenvalue weighted by Gasteiger charge is 2.29. The molecule has 1 aliphatic heterocycles. The van der Waals surface area contributed by atoms with Crippen molar-refractivity contribution in [3.8, 4) is 0 Å². The fourth-order valence-electron chi connectivity index (χ4n) is 2.59. The van der Waals surface area contributed by atoms with Crippen molar-refractivity contribution in [1.82, 2.24) is 5.32 Å². The van der Waals surface area contributed by atoms with Gasteiger partial charge in [-0.2, -0.15) is 0 Å². The number of nitrogens with zero attached hydrogens (tertiary/aromatic N) is 1. The standard InChI is InChI=1S/C14H19N3O2/c1-19-13-8-11(9-13)16-10-3-2-4-12(7-10)17-6-5-15-14(17)18/h2-4,7,11,13,16H,5-6,8-9H2,1H3,(H,15,18). The first-order valence-electron chi connectivity index (χ1n) is 6.71. The maximum Gasteiger partial charge on any atom is 0.321 e. The molecule has 0 atom stereocenters. The number of amides is 2. The fourth-order valence-corrected chi connectivity index (χ4v) is 2.59. The van der Waals surface area contributed by atoms with Gasteiger partial charge in [-0.3, -0.25) is 4.90 Å². The number of anilines is 2. The molecule has 1 heterocycles. The SMILES string of the molecule is COC1CC(Nc2cccc(N3CCNC3=O)c2)C1. The van der Waals surface area contributed by atoms with E-state index in [1.54, 1.807) is 12.0 Å². The van der Waals surface area contributed by atoms with Crippen LogP contribution >= 0.6 is 0 Å². The van der Waals surface area contributed by atoms with Gasteiger partial charge in [0, 0.05) is 37.6 Å². The minimum absolute atomic E-state index is 0.0137. The Hall–Kier alpha value is -1.75. The number of ether oxygens (including phenoxy) is 1. The summed E-state index contributed by atoms with van der Waals surface area (Å²) in [5.41, 5.74) is 2.01. The van der Waals surface area contributed by atoms with Crippen molar-refractivity contribution in [3.63, 3.8) is 0 Å². The second kappa shape index (κ2) is 5.09. The lowest BCUT2D eigenvalue weighted by Crippen LogP contribution is -2.40. The Morgan fingerprint density at radius 3 is 2.95 bits per heavy atom. The summed E-state index contributed by atoms with van der Waals surface area (Å²) in [6, 6.07) is 8.49. The quantitative estimate of drug-likeness (QED) is 0.869. The molecule has 5 nitrogen and oxygen atoms in total. The largest absolute Gasteiger partial charge is 0.382 e. The van der Waals surface area contributed by atoms with Crippen molar-refractivity contribution in [2.24, 2.45) is 0 Å². The van der Waals surface area contributed by atoms with Crippen LogP contribution in [0.2, 0.25) is 0 Å². The van der Waals surface area contributed by atoms with Gasteiger partial charge in [0.15, 0.2) is 0 Å². The van der Waals surface area contributed by atoms with Crippen molar-refractivity contribution in [3.05, 3.63) is 24.3 Å². The van der Waals surface area contributed by atoms with Crippen LogP contribution in [0, 0.1) is 0 Å². The molecular weight excluding hydrogens is 242 g/mol. The molecule has 2 fully saturated rings. The molecule has 1 saturated heterocycles. The molecule has 0 radical (unpaired) electrons. The second-order valence-corrected chi connectivity index (χ2v) is 5.10. The average molecular weight is 261 g/mol. The minimum atomic E-state index is -0.0137. The molecule has 1 aromatic carbocycles. The highest BCUT2D eigenvalue weighted by Crippen LogP contribution is 2.28. The smallest absolute Gasteiger partial charge is 0.321 e. The molecule has 19 heavy (non-hydrogen) atoms. The van der Waals surface area contributed by atoms with Gasteiger partial charge in [0.05, 0.1) is 6.10 Å². The molecule has 2 aliphatic rings. The number of nitrogens with one attached hydrogen (secondary N) is 2. The predicted molar refractivity (Wildman–Crippen MR) is 74.6 cm³/mol. The van der Waals surface area contributed by atoms with Gasteiger partial charge >= 0.3 is 6.03 Å². The molecule has 0 bridgehead atoms. The Labute approximate surface area is 112 Å². The highest BCUT2D eigenvalue weighted by atomic mass is 16.5. The number of methoxy groups -OCH3 is 1. The summed E-state index contributed by atoms with van der Waals surface area (Å²) in [5.74, 6) is 0. The van der Waals surface area contributed by atoms with Crippen LogP contribution in [0.1, 0.15) is 12.8 Å². The summed E-state index contributed by atoms with van der Waals surface area (Å²) in [4.78, 5) is 13.4. The van der Waals surface area contributed by atoms with Crippen molar-refractivity contribution in [1.29, 1.82) is 0 Å². The van der Waals surface area contributed by atoms with Crippen LogP contribution in [0.5, 0.6) is 0 Å². The molecule has 0 unspecified atom stereocenters. The minimum Gasteiger partial charge on any atom is -0.382 e. The number of carbonyl (C=O) groups is 1. The molecule has 1 aromatic rings. The van der Waals surface area contributed by atoms with Gasteiger partial charge < -0.3 is 15.4 Å². The Morgan fingerprint density at radius 2 is 2.26 bits per heavy atom. The molecule has 1 saturated carbocycles. The molecule has 0 aromatic heterocycles. The zero-order valence-corrected chi connectivity index (χ0v) is 11.1. The van der Waals surface area contributed by atoms with Gasteiger partial charge in [0.2, 0.25) is 0 Å². The molecule has 2 N–H and O–H groups in total. The van der Waals surface area contributed by atoms with E-state index in [4.69, 9.17) is 4.74 Å². The predicted octanol–water partition coefficient (Wildman–Crippen LogP) is 1.81. The molecule has 0 spiro atoms. The van der Waals surface area contributed by atoms with E-state index in [0.29, 0.717) is 18.7 Å². The van der Waals surface area contributed by atoms with E-state index in [9.17, 15) is 4.79 Å². The maximum absolute atomic E-state index is 11.6. The summed E-state index contributed by atoms with van der Waals surface area (Å²) in [7, 11) is 1.76. The second-order valence-electron chi connectivity index (χ2n) is 5.10. The van der Waals surface area contributed by atoms with Crippen molar-refractivity contribution in [2.75, 3.05) is 30.4 Å². The van der Waals surface area contributed by atoms with Crippen molar-refractivity contribution in [2.45, 2.75) is 25.0 Å². The first kappa shape index (κ1) is 12.3. The van der Waals surface area contributed by atoms with E-state index in [2.05, 4.69) is 10.6 Å². The van der Waals surface area contributed by atoms with Crippen LogP contribution in [0.4, 0.5) is 16.2 Å². The van der Waals surface area contributed by atoms with Gasteiger partial charge in [0.25, 0.3) is 0 Å². The number of hydrogen-bond donors (Lipinski definition) is 2. The van der Waals surface area contributed by atoms with Gasteiger partial charge in [-0.25, -0.2) is 4.79 Å². The fraction of sp³-hybridized carbons (Fsp3) is 0.500. The zero-order chi connectivity index (χ0) is 13.2. The van der Waals surface area contributed by atoms with Gasteiger partial charge in [0.1, 0.15) is 0 Å². The van der Waals surface area contributed by atoms with Crippen LogP contribution in [0.15, 0.2) is 24.3 Å². The summed E-state index contributed by atoms with van der Waals surface area (Å²) in [6.45, 7) is 1.45. The lowest BCUT2D eigenvalue weighted by atomic mass is 9.89. The molecule has 3 rings (SSSR count). The van der Waals surface area contributed by atoms with Crippen molar-refractivity contribution >= 4 is 17.4 Å². The molecule has 5 heteroatoms. The van der Waals surface area contributed by atoms with Crippen LogP contribution in [0.3, 0.4) is 0 Å². The Morgan fingerprint density at radius 1 is 1.42 bits per heavy atom. The van der Waals surface area contributed by atoms with E-state index < -0.39 is 0 Å². The number of carbonyl (C=O) groups excluding carboxylic acids is 1. The topological polar surface area (TPSA) is 53.6 Å². The van der Waals surface area contributed by atoms with Crippen LogP contribution in [-0.2, 0) is 4.74 Å². The third kappa shape index (κ3) is 2.51. The normalized spacial score (nSPS) is 25.9. The zero-order valence-electron chi connectivity index (χ0n) is 11.1. The van der Waals surface area contributed by atoms with Gasteiger partial charge in [-0.15, -0.1) is 0 Å². The summed E-state index contributed by atoms with van der Waals surface area (Å²) in [6.07, 6.45) is 2.49. The summed E-state index contributed by atoms with van der Waals surface area (Å²) >= 11 is 0. The van der Waals surface area contributed by atoms with E-state index in [1.807, 2.05) is 24.3 Å². The number of benzene rings is 1. The van der Waals surface area contributed by atoms with Crippen molar-refractivity contribution < 1.29 is 9.53 Å². The third-order valence-electron chi connectivity index (χ3n) is 3.81. The van der Waals surface area contributed by atoms with E-state index in [1.165, 1.54) is 0 Å². The van der Waals surface area contributed by atoms with Gasteiger partial charge in [-0.05, 0) is 31.0 Å². The molecule has 1 aliphatic carbocycles. The third-order valence-corrected chi connectivity index (χ3v) is 3.81. The summed E-state index contributed by atoms with van der Waals surface area (Å²) in [5, 5.41) is 6.30. The van der Waals surface area contributed by atoms with Crippen LogP contribution in [0.25, 0.3) is 0 Å². The molecule has 2 amide bonds. The van der Waals surface area contributed by atoms with Crippen LogP contribution in [-0.4, -0.2) is 38.4 Å². The number of hydrogen-bond acceptors (Lipinski definition) is 3.